The van der Waals surface area contributed by atoms with Crippen LogP contribution >= 0.6 is 22.6 Å². The Hall–Kier alpha value is -1.04. The van der Waals surface area contributed by atoms with E-state index in [2.05, 4.69) is 32.6 Å². The number of rotatable bonds is 3. The molecule has 0 heterocycles. The van der Waals surface area contributed by atoms with E-state index in [9.17, 15) is 4.79 Å². The Labute approximate surface area is 96.3 Å². The van der Waals surface area contributed by atoms with E-state index in [1.807, 2.05) is 24.3 Å². The van der Waals surface area contributed by atoms with Crippen molar-refractivity contribution in [3.05, 3.63) is 40.1 Å². The van der Waals surface area contributed by atoms with Crippen molar-refractivity contribution >= 4 is 34.2 Å². The number of benzene rings is 1. The predicted octanol–water partition coefficient (Wildman–Crippen LogP) is 2.39. The third kappa shape index (κ3) is 3.78. The molecule has 0 atom stereocenters. The minimum atomic E-state index is -0.372. The third-order valence-corrected chi connectivity index (χ3v) is 2.23. The first kappa shape index (κ1) is 11.0. The molecule has 0 aromatic heterocycles. The molecule has 1 aromatic rings. The van der Waals surface area contributed by atoms with Crippen molar-refractivity contribution in [2.45, 2.75) is 0 Å². The van der Waals surface area contributed by atoms with E-state index < -0.39 is 0 Å². The van der Waals surface area contributed by atoms with E-state index >= 15 is 0 Å². The SMILES string of the molecule is COC(=O)/C=C\Nc1ccc(I)cc1. The first-order valence-corrected chi connectivity index (χ1v) is 5.07. The second kappa shape index (κ2) is 5.64. The van der Waals surface area contributed by atoms with Gasteiger partial charge in [-0.1, -0.05) is 0 Å². The first-order valence-electron chi connectivity index (χ1n) is 3.99. The van der Waals surface area contributed by atoms with Gasteiger partial charge in [-0.3, -0.25) is 0 Å². The Balaban J connectivity index is 2.49. The number of carbonyl (C=O) groups excluding carboxylic acids is 1. The number of hydrogen-bond acceptors (Lipinski definition) is 3. The van der Waals surface area contributed by atoms with Crippen molar-refractivity contribution in [2.24, 2.45) is 0 Å². The summed E-state index contributed by atoms with van der Waals surface area (Å²) in [5.74, 6) is -0.372. The van der Waals surface area contributed by atoms with Gasteiger partial charge in [0, 0.05) is 21.5 Å². The highest BCUT2D eigenvalue weighted by atomic mass is 127. The van der Waals surface area contributed by atoms with Crippen LogP contribution < -0.4 is 5.32 Å². The van der Waals surface area contributed by atoms with Gasteiger partial charge in [0.15, 0.2) is 0 Å². The lowest BCUT2D eigenvalue weighted by molar-refractivity contribution is -0.134. The molecule has 0 saturated carbocycles. The second-order valence-corrected chi connectivity index (χ2v) is 3.75. The van der Waals surface area contributed by atoms with Gasteiger partial charge in [0.05, 0.1) is 7.11 Å². The molecule has 0 fully saturated rings. The van der Waals surface area contributed by atoms with Crippen LogP contribution in [0.4, 0.5) is 5.69 Å². The highest BCUT2D eigenvalue weighted by Crippen LogP contribution is 2.10. The van der Waals surface area contributed by atoms with Gasteiger partial charge >= 0.3 is 5.97 Å². The molecule has 0 bridgehead atoms. The summed E-state index contributed by atoms with van der Waals surface area (Å²) >= 11 is 2.23. The molecular weight excluding hydrogens is 293 g/mol. The lowest BCUT2D eigenvalue weighted by Crippen LogP contribution is -1.96. The van der Waals surface area contributed by atoms with Crippen LogP contribution in [-0.4, -0.2) is 13.1 Å². The van der Waals surface area contributed by atoms with Gasteiger partial charge in [-0.2, -0.15) is 0 Å². The number of anilines is 1. The van der Waals surface area contributed by atoms with Gasteiger partial charge in [0.1, 0.15) is 0 Å². The Morgan fingerprint density at radius 2 is 2.07 bits per heavy atom. The van der Waals surface area contributed by atoms with E-state index in [0.29, 0.717) is 0 Å². The molecule has 0 aliphatic rings. The van der Waals surface area contributed by atoms with E-state index in [0.717, 1.165) is 5.69 Å². The quantitative estimate of drug-likeness (QED) is 0.529. The molecule has 0 radical (unpaired) electrons. The highest BCUT2D eigenvalue weighted by Gasteiger charge is 1.91. The maximum absolute atomic E-state index is 10.7. The van der Waals surface area contributed by atoms with Crippen molar-refractivity contribution < 1.29 is 9.53 Å². The van der Waals surface area contributed by atoms with Crippen LogP contribution in [0.3, 0.4) is 0 Å². The van der Waals surface area contributed by atoms with E-state index in [-0.39, 0.29) is 5.97 Å². The normalized spacial score (nSPS) is 10.1. The zero-order valence-electron chi connectivity index (χ0n) is 7.66. The topological polar surface area (TPSA) is 38.3 Å². The summed E-state index contributed by atoms with van der Waals surface area (Å²) in [6.45, 7) is 0. The van der Waals surface area contributed by atoms with Gasteiger partial charge in [0.25, 0.3) is 0 Å². The molecule has 14 heavy (non-hydrogen) atoms. The number of hydrogen-bond donors (Lipinski definition) is 1. The molecule has 0 spiro atoms. The lowest BCUT2D eigenvalue weighted by Gasteiger charge is -1.99. The fourth-order valence-electron chi connectivity index (χ4n) is 0.820. The molecule has 3 nitrogen and oxygen atoms in total. The van der Waals surface area contributed by atoms with Gasteiger partial charge in [-0.15, -0.1) is 0 Å². The summed E-state index contributed by atoms with van der Waals surface area (Å²) in [5, 5.41) is 2.95. The van der Waals surface area contributed by atoms with Crippen LogP contribution in [0.15, 0.2) is 36.5 Å². The van der Waals surface area contributed by atoms with E-state index in [1.54, 1.807) is 6.20 Å². The van der Waals surface area contributed by atoms with Crippen LogP contribution in [0.25, 0.3) is 0 Å². The fraction of sp³-hybridized carbons (Fsp3) is 0.100. The minimum absolute atomic E-state index is 0.372. The number of esters is 1. The molecule has 0 amide bonds. The maximum Gasteiger partial charge on any atom is 0.331 e. The van der Waals surface area contributed by atoms with Crippen LogP contribution in [-0.2, 0) is 9.53 Å². The monoisotopic (exact) mass is 303 g/mol. The van der Waals surface area contributed by atoms with Gasteiger partial charge in [0.2, 0.25) is 0 Å². The largest absolute Gasteiger partial charge is 0.466 e. The lowest BCUT2D eigenvalue weighted by atomic mass is 10.3. The molecule has 0 unspecified atom stereocenters. The van der Waals surface area contributed by atoms with Crippen molar-refractivity contribution in [2.75, 3.05) is 12.4 Å². The second-order valence-electron chi connectivity index (χ2n) is 2.51. The first-order chi connectivity index (χ1) is 6.72. The maximum atomic E-state index is 10.7. The van der Waals surface area contributed by atoms with Crippen LogP contribution in [0.5, 0.6) is 0 Å². The van der Waals surface area contributed by atoms with Crippen LogP contribution in [0.2, 0.25) is 0 Å². The zero-order chi connectivity index (χ0) is 10.4. The van der Waals surface area contributed by atoms with Crippen LogP contribution in [0.1, 0.15) is 0 Å². The molecule has 0 aliphatic carbocycles. The smallest absolute Gasteiger partial charge is 0.331 e. The minimum Gasteiger partial charge on any atom is -0.466 e. The highest BCUT2D eigenvalue weighted by molar-refractivity contribution is 14.1. The summed E-state index contributed by atoms with van der Waals surface area (Å²) in [4.78, 5) is 10.7. The van der Waals surface area contributed by atoms with Crippen molar-refractivity contribution in [3.63, 3.8) is 0 Å². The Morgan fingerprint density at radius 3 is 2.64 bits per heavy atom. The molecule has 0 aliphatic heterocycles. The van der Waals surface area contributed by atoms with Crippen molar-refractivity contribution in [1.82, 2.24) is 0 Å². The third-order valence-electron chi connectivity index (χ3n) is 1.51. The van der Waals surface area contributed by atoms with Gasteiger partial charge in [-0.25, -0.2) is 4.79 Å². The molecule has 1 rings (SSSR count). The Kier molecular flexibility index (Phi) is 4.45. The molecular formula is C10H10INO2. The van der Waals surface area contributed by atoms with Gasteiger partial charge < -0.3 is 10.1 Å². The number of carbonyl (C=O) groups is 1. The standard InChI is InChI=1S/C10H10INO2/c1-14-10(13)6-7-12-9-4-2-8(11)3-5-9/h2-7,12H,1H3/b7-6-. The molecule has 4 heteroatoms. The van der Waals surface area contributed by atoms with E-state index in [4.69, 9.17) is 0 Å². The van der Waals surface area contributed by atoms with E-state index in [1.165, 1.54) is 16.8 Å². The molecule has 1 N–H and O–H groups in total. The number of ether oxygens (including phenoxy) is 1. The summed E-state index contributed by atoms with van der Waals surface area (Å²) in [6.07, 6.45) is 2.88. The molecule has 1 aromatic carbocycles. The van der Waals surface area contributed by atoms with Crippen molar-refractivity contribution in [3.8, 4) is 0 Å². The molecule has 74 valence electrons. The zero-order valence-corrected chi connectivity index (χ0v) is 9.82. The fourth-order valence-corrected chi connectivity index (χ4v) is 1.18. The predicted molar refractivity (Wildman–Crippen MR) is 63.9 cm³/mol. The average molecular weight is 303 g/mol. The number of halogens is 1. The van der Waals surface area contributed by atoms with Crippen LogP contribution in [0, 0.1) is 3.57 Å². The van der Waals surface area contributed by atoms with Gasteiger partial charge in [-0.05, 0) is 46.9 Å². The number of methoxy groups -OCH3 is 1. The number of nitrogens with one attached hydrogen (secondary N) is 1. The Morgan fingerprint density at radius 1 is 1.43 bits per heavy atom. The summed E-state index contributed by atoms with van der Waals surface area (Å²) in [5.41, 5.74) is 0.936. The summed E-state index contributed by atoms with van der Waals surface area (Å²) in [7, 11) is 1.34. The van der Waals surface area contributed by atoms with Crippen molar-refractivity contribution in [1.29, 1.82) is 0 Å². The average Bonchev–Trinajstić information content (AvgIpc) is 2.21. The summed E-state index contributed by atoms with van der Waals surface area (Å²) in [6, 6.07) is 7.83. The Bertz CT molecular complexity index is 332. The molecule has 0 saturated heterocycles. The summed E-state index contributed by atoms with van der Waals surface area (Å²) < 4.78 is 5.61.